The van der Waals surface area contributed by atoms with E-state index >= 15 is 0 Å². The third-order valence-corrected chi connectivity index (χ3v) is 2.59. The SMILES string of the molecule is CCN(CCCO)C(=O)c1cc(C)nnc1C. The topological polar surface area (TPSA) is 66.3 Å². The molecular weight excluding hydrogens is 218 g/mol. The molecule has 17 heavy (non-hydrogen) atoms. The number of rotatable bonds is 5. The summed E-state index contributed by atoms with van der Waals surface area (Å²) < 4.78 is 0. The van der Waals surface area contributed by atoms with E-state index < -0.39 is 0 Å². The number of carbonyl (C=O) groups is 1. The molecule has 0 aliphatic rings. The van der Waals surface area contributed by atoms with Crippen molar-refractivity contribution in [3.05, 3.63) is 23.0 Å². The zero-order chi connectivity index (χ0) is 12.8. The normalized spacial score (nSPS) is 10.4. The molecule has 0 bridgehead atoms. The Morgan fingerprint density at radius 1 is 1.41 bits per heavy atom. The Morgan fingerprint density at radius 3 is 2.71 bits per heavy atom. The van der Waals surface area contributed by atoms with Crippen molar-refractivity contribution in [2.45, 2.75) is 27.2 Å². The molecule has 0 saturated carbocycles. The molecule has 94 valence electrons. The van der Waals surface area contributed by atoms with Crippen LogP contribution in [0.4, 0.5) is 0 Å². The highest BCUT2D eigenvalue weighted by Gasteiger charge is 2.17. The molecule has 0 spiro atoms. The Labute approximate surface area is 101 Å². The lowest BCUT2D eigenvalue weighted by Crippen LogP contribution is -2.33. The van der Waals surface area contributed by atoms with Gasteiger partial charge in [-0.1, -0.05) is 0 Å². The van der Waals surface area contributed by atoms with Crippen LogP contribution in [-0.4, -0.2) is 45.8 Å². The summed E-state index contributed by atoms with van der Waals surface area (Å²) in [5.41, 5.74) is 1.97. The van der Waals surface area contributed by atoms with E-state index in [1.165, 1.54) is 0 Å². The van der Waals surface area contributed by atoms with Gasteiger partial charge in [-0.05, 0) is 33.3 Å². The number of hydrogen-bond donors (Lipinski definition) is 1. The van der Waals surface area contributed by atoms with Gasteiger partial charge in [-0.2, -0.15) is 10.2 Å². The number of hydrogen-bond acceptors (Lipinski definition) is 4. The molecule has 1 amide bonds. The maximum atomic E-state index is 12.2. The third kappa shape index (κ3) is 3.49. The van der Waals surface area contributed by atoms with Crippen LogP contribution in [0, 0.1) is 13.8 Å². The number of aliphatic hydroxyl groups excluding tert-OH is 1. The number of amides is 1. The van der Waals surface area contributed by atoms with Gasteiger partial charge in [0.2, 0.25) is 0 Å². The lowest BCUT2D eigenvalue weighted by molar-refractivity contribution is 0.0752. The highest BCUT2D eigenvalue weighted by atomic mass is 16.3. The first kappa shape index (κ1) is 13.6. The van der Waals surface area contributed by atoms with Crippen LogP contribution in [-0.2, 0) is 0 Å². The fourth-order valence-corrected chi connectivity index (χ4v) is 1.60. The van der Waals surface area contributed by atoms with Gasteiger partial charge in [-0.15, -0.1) is 0 Å². The van der Waals surface area contributed by atoms with E-state index in [0.29, 0.717) is 30.8 Å². The molecule has 0 radical (unpaired) electrons. The Balaban J connectivity index is 2.89. The molecule has 0 saturated heterocycles. The molecule has 1 aromatic heterocycles. The predicted molar refractivity (Wildman–Crippen MR) is 64.8 cm³/mol. The number of carbonyl (C=O) groups excluding carboxylic acids is 1. The molecule has 0 atom stereocenters. The average molecular weight is 237 g/mol. The third-order valence-electron chi connectivity index (χ3n) is 2.59. The maximum absolute atomic E-state index is 12.2. The van der Waals surface area contributed by atoms with E-state index in [9.17, 15) is 4.79 Å². The van der Waals surface area contributed by atoms with Crippen molar-refractivity contribution < 1.29 is 9.90 Å². The first-order chi connectivity index (χ1) is 8.10. The molecule has 0 aliphatic heterocycles. The molecule has 0 aromatic carbocycles. The van der Waals surface area contributed by atoms with Crippen molar-refractivity contribution >= 4 is 5.91 Å². The average Bonchev–Trinajstić information content (AvgIpc) is 2.33. The Kier molecular flexibility index (Phi) is 5.03. The number of aryl methyl sites for hydroxylation is 2. The van der Waals surface area contributed by atoms with Crippen LogP contribution in [0.3, 0.4) is 0 Å². The minimum atomic E-state index is -0.0450. The Morgan fingerprint density at radius 2 is 2.12 bits per heavy atom. The van der Waals surface area contributed by atoms with Gasteiger partial charge in [0, 0.05) is 19.7 Å². The Hall–Kier alpha value is -1.49. The van der Waals surface area contributed by atoms with Crippen LogP contribution in [0.5, 0.6) is 0 Å². The zero-order valence-electron chi connectivity index (χ0n) is 10.6. The van der Waals surface area contributed by atoms with Gasteiger partial charge in [0.05, 0.1) is 17.0 Å². The molecule has 1 N–H and O–H groups in total. The van der Waals surface area contributed by atoms with Crippen molar-refractivity contribution in [2.24, 2.45) is 0 Å². The highest BCUT2D eigenvalue weighted by molar-refractivity contribution is 5.95. The molecule has 0 unspecified atom stereocenters. The van der Waals surface area contributed by atoms with Crippen LogP contribution in [0.15, 0.2) is 6.07 Å². The second kappa shape index (κ2) is 6.30. The summed E-state index contributed by atoms with van der Waals surface area (Å²) in [6.45, 7) is 6.79. The quantitative estimate of drug-likeness (QED) is 0.827. The standard InChI is InChI=1S/C12H19N3O2/c1-4-15(6-5-7-16)12(17)11-8-9(2)13-14-10(11)3/h8,16H,4-7H2,1-3H3. The van der Waals surface area contributed by atoms with Gasteiger partial charge < -0.3 is 10.0 Å². The minimum Gasteiger partial charge on any atom is -0.396 e. The number of nitrogens with zero attached hydrogens (tertiary/aromatic N) is 3. The fraction of sp³-hybridized carbons (Fsp3) is 0.583. The smallest absolute Gasteiger partial charge is 0.255 e. The Bertz CT molecular complexity index is 393. The van der Waals surface area contributed by atoms with Crippen molar-refractivity contribution in [3.63, 3.8) is 0 Å². The summed E-state index contributed by atoms with van der Waals surface area (Å²) in [5.74, 6) is -0.0450. The van der Waals surface area contributed by atoms with Gasteiger partial charge >= 0.3 is 0 Å². The fourth-order valence-electron chi connectivity index (χ4n) is 1.60. The highest BCUT2D eigenvalue weighted by Crippen LogP contribution is 2.09. The molecule has 5 nitrogen and oxygen atoms in total. The van der Waals surface area contributed by atoms with Crippen LogP contribution < -0.4 is 0 Å². The number of aromatic nitrogens is 2. The van der Waals surface area contributed by atoms with Crippen molar-refractivity contribution in [1.29, 1.82) is 0 Å². The summed E-state index contributed by atoms with van der Waals surface area (Å²) >= 11 is 0. The molecule has 1 rings (SSSR count). The van der Waals surface area contributed by atoms with Crippen molar-refractivity contribution in [2.75, 3.05) is 19.7 Å². The van der Waals surface area contributed by atoms with Crippen LogP contribution in [0.2, 0.25) is 0 Å². The molecule has 0 fully saturated rings. The summed E-state index contributed by atoms with van der Waals surface area (Å²) in [5, 5.41) is 16.7. The second-order valence-corrected chi connectivity index (χ2v) is 3.95. The van der Waals surface area contributed by atoms with E-state index in [0.717, 1.165) is 5.69 Å². The van der Waals surface area contributed by atoms with Crippen molar-refractivity contribution in [1.82, 2.24) is 15.1 Å². The summed E-state index contributed by atoms with van der Waals surface area (Å²) in [6, 6.07) is 1.76. The molecule has 5 heteroatoms. The molecule has 1 aromatic rings. The van der Waals surface area contributed by atoms with Crippen LogP contribution in [0.25, 0.3) is 0 Å². The van der Waals surface area contributed by atoms with Gasteiger partial charge in [-0.3, -0.25) is 4.79 Å². The summed E-state index contributed by atoms with van der Waals surface area (Å²) in [4.78, 5) is 13.9. The summed E-state index contributed by atoms with van der Waals surface area (Å²) in [6.07, 6.45) is 0.593. The predicted octanol–water partition coefficient (Wildman–Crippen LogP) is 0.938. The van der Waals surface area contributed by atoms with E-state index in [2.05, 4.69) is 10.2 Å². The van der Waals surface area contributed by atoms with E-state index in [1.54, 1.807) is 17.9 Å². The van der Waals surface area contributed by atoms with Gasteiger partial charge in [0.15, 0.2) is 0 Å². The second-order valence-electron chi connectivity index (χ2n) is 3.95. The van der Waals surface area contributed by atoms with Gasteiger partial charge in [-0.25, -0.2) is 0 Å². The van der Waals surface area contributed by atoms with Gasteiger partial charge in [0.25, 0.3) is 5.91 Å². The molecule has 1 heterocycles. The van der Waals surface area contributed by atoms with E-state index in [1.807, 2.05) is 13.8 Å². The van der Waals surface area contributed by atoms with E-state index in [-0.39, 0.29) is 12.5 Å². The maximum Gasteiger partial charge on any atom is 0.255 e. The zero-order valence-corrected chi connectivity index (χ0v) is 10.6. The van der Waals surface area contributed by atoms with Gasteiger partial charge in [0.1, 0.15) is 0 Å². The number of aliphatic hydroxyl groups is 1. The first-order valence-corrected chi connectivity index (χ1v) is 5.81. The minimum absolute atomic E-state index is 0.0450. The van der Waals surface area contributed by atoms with Crippen molar-refractivity contribution in [3.8, 4) is 0 Å². The monoisotopic (exact) mass is 237 g/mol. The summed E-state index contributed by atoms with van der Waals surface area (Å²) in [7, 11) is 0. The lowest BCUT2D eigenvalue weighted by atomic mass is 10.1. The van der Waals surface area contributed by atoms with Crippen LogP contribution in [0.1, 0.15) is 35.1 Å². The lowest BCUT2D eigenvalue weighted by Gasteiger charge is -2.21. The molecular formula is C12H19N3O2. The molecule has 0 aliphatic carbocycles. The largest absolute Gasteiger partial charge is 0.396 e. The van der Waals surface area contributed by atoms with E-state index in [4.69, 9.17) is 5.11 Å². The van der Waals surface area contributed by atoms with Crippen LogP contribution >= 0.6 is 0 Å². The first-order valence-electron chi connectivity index (χ1n) is 5.81.